The van der Waals surface area contributed by atoms with Crippen molar-refractivity contribution in [3.63, 3.8) is 0 Å². The van der Waals surface area contributed by atoms with Crippen molar-refractivity contribution in [2.24, 2.45) is 5.73 Å². The number of hydrogen-bond acceptors (Lipinski definition) is 8. The van der Waals surface area contributed by atoms with Gasteiger partial charge in [0.15, 0.2) is 6.10 Å². The summed E-state index contributed by atoms with van der Waals surface area (Å²) in [5.74, 6) is 0.222. The molecule has 5 rings (SSSR count). The first-order chi connectivity index (χ1) is 16.0. The van der Waals surface area contributed by atoms with E-state index in [1.807, 2.05) is 60.7 Å². The second-order valence-corrected chi connectivity index (χ2v) is 10.9. The lowest BCUT2D eigenvalue weighted by Gasteiger charge is -2.48. The number of thioether (sulfide) groups is 3. The molecule has 33 heavy (non-hydrogen) atoms. The number of rotatable bonds is 6. The van der Waals surface area contributed by atoms with E-state index in [1.54, 1.807) is 6.08 Å². The third kappa shape index (κ3) is 4.38. The molecule has 0 saturated carbocycles. The van der Waals surface area contributed by atoms with Crippen LogP contribution in [0.15, 0.2) is 82.2 Å². The van der Waals surface area contributed by atoms with E-state index in [-0.39, 0.29) is 22.1 Å². The van der Waals surface area contributed by atoms with Gasteiger partial charge in [0.05, 0.1) is 0 Å². The second-order valence-electron chi connectivity index (χ2n) is 7.63. The molecule has 1 amide bonds. The number of carbonyl (C=O) groups excluding carboxylic acids is 3. The Hall–Kier alpha value is -2.46. The summed E-state index contributed by atoms with van der Waals surface area (Å²) in [7, 11) is 0. The molecule has 9 heteroatoms. The molecule has 2 atom stereocenters. The van der Waals surface area contributed by atoms with Gasteiger partial charge in [0.2, 0.25) is 11.0 Å². The SMILES string of the molecule is N[C@@H]1C(=O)N2C(C(=O)OC(c3ccccc3)c3ccccc3)=C(SC3=CC(=O)SC3)CS[C@H]12. The summed E-state index contributed by atoms with van der Waals surface area (Å²) >= 11 is 4.12. The van der Waals surface area contributed by atoms with Crippen LogP contribution >= 0.6 is 35.3 Å². The average Bonchev–Trinajstić information content (AvgIpc) is 3.27. The highest BCUT2D eigenvalue weighted by Gasteiger charge is 2.52. The van der Waals surface area contributed by atoms with Crippen LogP contribution in [0.5, 0.6) is 0 Å². The highest BCUT2D eigenvalue weighted by Crippen LogP contribution is 2.46. The van der Waals surface area contributed by atoms with E-state index in [2.05, 4.69) is 0 Å². The molecular formula is C24H20N2O4S3. The zero-order valence-corrected chi connectivity index (χ0v) is 19.8. The molecule has 0 spiro atoms. The van der Waals surface area contributed by atoms with Crippen molar-refractivity contribution < 1.29 is 19.1 Å². The number of β-lactam (4-membered cyclic amide) rings is 1. The molecular weight excluding hydrogens is 476 g/mol. The first-order valence-corrected chi connectivity index (χ1v) is 13.2. The van der Waals surface area contributed by atoms with Gasteiger partial charge in [0.25, 0.3) is 0 Å². The lowest BCUT2D eigenvalue weighted by molar-refractivity contribution is -0.152. The van der Waals surface area contributed by atoms with E-state index < -0.39 is 18.1 Å². The van der Waals surface area contributed by atoms with Crippen LogP contribution in [-0.4, -0.2) is 44.8 Å². The summed E-state index contributed by atoms with van der Waals surface area (Å²) in [6.07, 6.45) is 0.960. The van der Waals surface area contributed by atoms with Crippen molar-refractivity contribution in [1.82, 2.24) is 4.90 Å². The first-order valence-electron chi connectivity index (χ1n) is 10.3. The van der Waals surface area contributed by atoms with Crippen LogP contribution in [0.3, 0.4) is 0 Å². The molecule has 2 N–H and O–H groups in total. The fraction of sp³-hybridized carbons (Fsp3) is 0.208. The lowest BCUT2D eigenvalue weighted by Crippen LogP contribution is -2.68. The van der Waals surface area contributed by atoms with Gasteiger partial charge in [-0.2, -0.15) is 0 Å². The molecule has 1 fully saturated rings. The Labute approximate surface area is 204 Å². The summed E-state index contributed by atoms with van der Waals surface area (Å²) in [5, 5.41) is -0.288. The summed E-state index contributed by atoms with van der Waals surface area (Å²) < 4.78 is 6.07. The summed E-state index contributed by atoms with van der Waals surface area (Å²) in [4.78, 5) is 41.0. The maximum absolute atomic E-state index is 13.6. The maximum atomic E-state index is 13.6. The highest BCUT2D eigenvalue weighted by molar-refractivity contribution is 8.17. The predicted octanol–water partition coefficient (Wildman–Crippen LogP) is 3.66. The van der Waals surface area contributed by atoms with Crippen molar-refractivity contribution in [2.45, 2.75) is 17.5 Å². The molecule has 3 aliphatic heterocycles. The van der Waals surface area contributed by atoms with Crippen molar-refractivity contribution in [2.75, 3.05) is 11.5 Å². The van der Waals surface area contributed by atoms with Crippen molar-refractivity contribution in [1.29, 1.82) is 0 Å². The lowest BCUT2D eigenvalue weighted by atomic mass is 10.0. The minimum Gasteiger partial charge on any atom is -0.448 e. The highest BCUT2D eigenvalue weighted by atomic mass is 32.2. The molecule has 2 aromatic carbocycles. The summed E-state index contributed by atoms with van der Waals surface area (Å²) in [6.45, 7) is 0. The average molecular weight is 497 g/mol. The standard InChI is InChI=1S/C24H20N2O4S3/c25-19-22(28)26-20(17(13-32-23(19)26)33-16-11-18(27)31-12-16)24(29)30-21(14-7-3-1-4-8-14)15-9-5-2-6-10-15/h1-11,19,21,23H,12-13,25H2/t19-,23-/m1/s1. The van der Waals surface area contributed by atoms with Crippen LogP contribution in [0.2, 0.25) is 0 Å². The number of carbonyl (C=O) groups is 3. The molecule has 0 aromatic heterocycles. The van der Waals surface area contributed by atoms with Crippen molar-refractivity contribution >= 4 is 52.3 Å². The van der Waals surface area contributed by atoms with Gasteiger partial charge in [0.1, 0.15) is 17.1 Å². The van der Waals surface area contributed by atoms with Crippen molar-refractivity contribution in [3.05, 3.63) is 93.4 Å². The zero-order chi connectivity index (χ0) is 22.9. The monoisotopic (exact) mass is 496 g/mol. The number of ether oxygens (including phenoxy) is 1. The molecule has 6 nitrogen and oxygen atoms in total. The topological polar surface area (TPSA) is 89.7 Å². The number of fused-ring (bicyclic) bond motifs is 1. The number of amides is 1. The summed E-state index contributed by atoms with van der Waals surface area (Å²) in [6, 6.07) is 18.4. The Bertz CT molecular complexity index is 1130. The fourth-order valence-corrected chi connectivity index (χ4v) is 7.30. The van der Waals surface area contributed by atoms with Gasteiger partial charge in [0, 0.05) is 27.4 Å². The first kappa shape index (κ1) is 22.3. The number of benzene rings is 2. The Morgan fingerprint density at radius 2 is 1.67 bits per heavy atom. The fourth-order valence-electron chi connectivity index (χ4n) is 3.88. The van der Waals surface area contributed by atoms with Gasteiger partial charge in [-0.1, -0.05) is 84.2 Å². The van der Waals surface area contributed by atoms with E-state index in [0.717, 1.165) is 16.0 Å². The molecule has 0 bridgehead atoms. The Morgan fingerprint density at radius 3 is 2.24 bits per heavy atom. The molecule has 2 aromatic rings. The van der Waals surface area contributed by atoms with E-state index in [4.69, 9.17) is 10.5 Å². The largest absolute Gasteiger partial charge is 0.448 e. The van der Waals surface area contributed by atoms with Crippen LogP contribution in [-0.2, 0) is 19.1 Å². The zero-order valence-electron chi connectivity index (χ0n) is 17.4. The van der Waals surface area contributed by atoms with E-state index in [0.29, 0.717) is 16.4 Å². The van der Waals surface area contributed by atoms with Crippen LogP contribution in [0.1, 0.15) is 17.2 Å². The summed E-state index contributed by atoms with van der Waals surface area (Å²) in [5.41, 5.74) is 7.90. The molecule has 168 valence electrons. The van der Waals surface area contributed by atoms with Gasteiger partial charge < -0.3 is 10.5 Å². The van der Waals surface area contributed by atoms with E-state index in [1.165, 1.54) is 40.2 Å². The van der Waals surface area contributed by atoms with E-state index in [9.17, 15) is 14.4 Å². The molecule has 3 aliphatic rings. The minimum absolute atomic E-state index is 0.00108. The van der Waals surface area contributed by atoms with Crippen LogP contribution in [0.4, 0.5) is 0 Å². The minimum atomic E-state index is -0.633. The molecule has 1 saturated heterocycles. The molecule has 0 aliphatic carbocycles. The van der Waals surface area contributed by atoms with Crippen molar-refractivity contribution in [3.8, 4) is 0 Å². The van der Waals surface area contributed by atoms with Gasteiger partial charge in [-0.05, 0) is 11.1 Å². The molecule has 0 unspecified atom stereocenters. The predicted molar refractivity (Wildman–Crippen MR) is 132 cm³/mol. The van der Waals surface area contributed by atoms with Crippen LogP contribution < -0.4 is 5.73 Å². The maximum Gasteiger partial charge on any atom is 0.356 e. The van der Waals surface area contributed by atoms with Gasteiger partial charge in [-0.25, -0.2) is 4.79 Å². The number of hydrogen-bond donors (Lipinski definition) is 1. The van der Waals surface area contributed by atoms with Gasteiger partial charge >= 0.3 is 5.97 Å². The normalized spacial score (nSPS) is 22.2. The van der Waals surface area contributed by atoms with Gasteiger partial charge in [-0.3, -0.25) is 14.5 Å². The molecule has 0 radical (unpaired) electrons. The second kappa shape index (κ2) is 9.42. The number of esters is 1. The molecule has 3 heterocycles. The quantitative estimate of drug-likeness (QED) is 0.479. The van der Waals surface area contributed by atoms with Crippen LogP contribution in [0, 0.1) is 0 Å². The Balaban J connectivity index is 1.50. The van der Waals surface area contributed by atoms with Gasteiger partial charge in [-0.15, -0.1) is 11.8 Å². The smallest absolute Gasteiger partial charge is 0.356 e. The van der Waals surface area contributed by atoms with E-state index >= 15 is 0 Å². The van der Waals surface area contributed by atoms with Crippen LogP contribution in [0.25, 0.3) is 0 Å². The Kier molecular flexibility index (Phi) is 6.38. The Morgan fingerprint density at radius 1 is 1.03 bits per heavy atom. The number of nitrogens with two attached hydrogens (primary N) is 1. The third-order valence-electron chi connectivity index (χ3n) is 5.49. The number of nitrogens with zero attached hydrogens (tertiary/aromatic N) is 1. The third-order valence-corrected chi connectivity index (χ3v) is 9.12.